The van der Waals surface area contributed by atoms with Gasteiger partial charge in [-0.25, -0.2) is 9.77 Å². The van der Waals surface area contributed by atoms with Gasteiger partial charge in [0, 0.05) is 16.1 Å². The molecule has 0 saturated carbocycles. The van der Waals surface area contributed by atoms with Gasteiger partial charge in [-0.05, 0) is 43.4 Å². The number of aromatic nitrogens is 3. The Labute approximate surface area is 208 Å². The third-order valence-corrected chi connectivity index (χ3v) is 5.78. The van der Waals surface area contributed by atoms with Crippen LogP contribution < -0.4 is 19.6 Å². The SMILES string of the molecule is CCOc1cccc(CNn2c(-c3ccccc3OC)n[nH]c2=S)c1OCc1ccccc1Cl. The van der Waals surface area contributed by atoms with Crippen LogP contribution in [0, 0.1) is 4.77 Å². The number of benzene rings is 3. The largest absolute Gasteiger partial charge is 0.496 e. The summed E-state index contributed by atoms with van der Waals surface area (Å²) >= 11 is 11.8. The number of methoxy groups -OCH3 is 1. The van der Waals surface area contributed by atoms with Crippen LogP contribution in [0.4, 0.5) is 0 Å². The molecule has 0 atom stereocenters. The highest BCUT2D eigenvalue weighted by molar-refractivity contribution is 7.71. The molecule has 0 spiro atoms. The fourth-order valence-corrected chi connectivity index (χ4v) is 3.90. The number of hydrogen-bond donors (Lipinski definition) is 2. The van der Waals surface area contributed by atoms with E-state index in [0.717, 1.165) is 16.7 Å². The van der Waals surface area contributed by atoms with Crippen LogP contribution in [-0.4, -0.2) is 28.6 Å². The average molecular weight is 497 g/mol. The van der Waals surface area contributed by atoms with E-state index in [0.29, 0.717) is 52.6 Å². The summed E-state index contributed by atoms with van der Waals surface area (Å²) in [6.45, 7) is 3.18. The third kappa shape index (κ3) is 5.18. The number of hydrogen-bond acceptors (Lipinski definition) is 6. The molecule has 1 aromatic heterocycles. The number of H-pyrrole nitrogens is 1. The van der Waals surface area contributed by atoms with Gasteiger partial charge >= 0.3 is 0 Å². The van der Waals surface area contributed by atoms with Gasteiger partial charge < -0.3 is 19.6 Å². The van der Waals surface area contributed by atoms with E-state index in [1.807, 2.05) is 73.7 Å². The molecule has 4 aromatic rings. The van der Waals surface area contributed by atoms with Crippen molar-refractivity contribution in [1.82, 2.24) is 14.9 Å². The van der Waals surface area contributed by atoms with Crippen molar-refractivity contribution < 1.29 is 14.2 Å². The van der Waals surface area contributed by atoms with Crippen LogP contribution >= 0.6 is 23.8 Å². The zero-order valence-electron chi connectivity index (χ0n) is 18.9. The first-order valence-electron chi connectivity index (χ1n) is 10.8. The van der Waals surface area contributed by atoms with Crippen molar-refractivity contribution in [2.75, 3.05) is 19.1 Å². The minimum Gasteiger partial charge on any atom is -0.496 e. The van der Waals surface area contributed by atoms with Gasteiger partial charge in [0.05, 0.1) is 25.8 Å². The lowest BCUT2D eigenvalue weighted by atomic mass is 10.1. The first-order chi connectivity index (χ1) is 16.6. The van der Waals surface area contributed by atoms with E-state index >= 15 is 0 Å². The number of ether oxygens (including phenoxy) is 3. The van der Waals surface area contributed by atoms with Crippen molar-refractivity contribution in [2.45, 2.75) is 20.1 Å². The topological polar surface area (TPSA) is 73.3 Å². The molecule has 34 heavy (non-hydrogen) atoms. The van der Waals surface area contributed by atoms with Crippen molar-refractivity contribution in [1.29, 1.82) is 0 Å². The molecule has 176 valence electrons. The second-order valence-corrected chi connectivity index (χ2v) is 8.07. The Morgan fingerprint density at radius 1 is 0.971 bits per heavy atom. The lowest BCUT2D eigenvalue weighted by Crippen LogP contribution is -2.17. The monoisotopic (exact) mass is 496 g/mol. The summed E-state index contributed by atoms with van der Waals surface area (Å²) in [4.78, 5) is 0. The molecule has 4 rings (SSSR count). The van der Waals surface area contributed by atoms with Gasteiger partial charge in [-0.2, -0.15) is 5.10 Å². The first kappa shape index (κ1) is 23.7. The maximum atomic E-state index is 6.32. The van der Waals surface area contributed by atoms with E-state index in [2.05, 4.69) is 15.6 Å². The summed E-state index contributed by atoms with van der Waals surface area (Å²) in [7, 11) is 1.62. The molecular weight excluding hydrogens is 472 g/mol. The molecule has 0 bridgehead atoms. The molecule has 3 aromatic carbocycles. The molecule has 0 fully saturated rings. The van der Waals surface area contributed by atoms with Gasteiger partial charge in [0.15, 0.2) is 17.3 Å². The van der Waals surface area contributed by atoms with Crippen LogP contribution in [0.1, 0.15) is 18.1 Å². The lowest BCUT2D eigenvalue weighted by Gasteiger charge is -2.18. The Bertz CT molecular complexity index is 1320. The summed E-state index contributed by atoms with van der Waals surface area (Å²) in [5.41, 5.74) is 5.95. The van der Waals surface area contributed by atoms with E-state index in [-0.39, 0.29) is 0 Å². The Morgan fingerprint density at radius 3 is 2.50 bits per heavy atom. The maximum absolute atomic E-state index is 6.32. The molecule has 7 nitrogen and oxygen atoms in total. The van der Waals surface area contributed by atoms with Gasteiger partial charge in [-0.1, -0.05) is 54.1 Å². The summed E-state index contributed by atoms with van der Waals surface area (Å²) < 4.78 is 19.7. The Kier molecular flexibility index (Phi) is 7.72. The Morgan fingerprint density at radius 2 is 1.71 bits per heavy atom. The van der Waals surface area contributed by atoms with Gasteiger partial charge in [-0.3, -0.25) is 0 Å². The third-order valence-electron chi connectivity index (χ3n) is 5.14. The standard InChI is InChI=1S/C25H25ClN4O3S/c1-3-32-22-14-8-10-17(23(22)33-16-18-9-4-6-12-20(18)26)15-27-30-24(28-29-25(30)34)19-11-5-7-13-21(19)31-2/h4-14,27H,3,15-16H2,1-2H3,(H,29,34). The average Bonchev–Trinajstić information content (AvgIpc) is 3.23. The van der Waals surface area contributed by atoms with E-state index < -0.39 is 0 Å². The minimum absolute atomic E-state index is 0.314. The first-order valence-corrected chi connectivity index (χ1v) is 11.6. The molecule has 0 amide bonds. The summed E-state index contributed by atoms with van der Waals surface area (Å²) in [5.74, 6) is 2.61. The zero-order valence-corrected chi connectivity index (χ0v) is 20.4. The predicted molar refractivity (Wildman–Crippen MR) is 136 cm³/mol. The van der Waals surface area contributed by atoms with Gasteiger partial charge in [0.2, 0.25) is 4.77 Å². The maximum Gasteiger partial charge on any atom is 0.214 e. The molecule has 0 unspecified atom stereocenters. The number of nitrogens with one attached hydrogen (secondary N) is 2. The van der Waals surface area contributed by atoms with Crippen molar-refractivity contribution in [3.05, 3.63) is 87.7 Å². The molecule has 0 aliphatic rings. The van der Waals surface area contributed by atoms with E-state index in [1.54, 1.807) is 11.8 Å². The molecule has 0 aliphatic heterocycles. The smallest absolute Gasteiger partial charge is 0.214 e. The van der Waals surface area contributed by atoms with Crippen LogP contribution in [0.5, 0.6) is 17.2 Å². The van der Waals surface area contributed by atoms with Gasteiger partial charge in [0.25, 0.3) is 0 Å². The van der Waals surface area contributed by atoms with Crippen LogP contribution in [-0.2, 0) is 13.2 Å². The lowest BCUT2D eigenvalue weighted by molar-refractivity contribution is 0.267. The molecule has 9 heteroatoms. The predicted octanol–water partition coefficient (Wildman–Crippen LogP) is 5.99. The van der Waals surface area contributed by atoms with Crippen LogP contribution in [0.3, 0.4) is 0 Å². The Balaban J connectivity index is 1.62. The fourth-order valence-electron chi connectivity index (χ4n) is 3.52. The number of halogens is 1. The summed E-state index contributed by atoms with van der Waals surface area (Å²) in [6.07, 6.45) is 0. The molecule has 0 saturated heterocycles. The Hall–Kier alpha value is -3.49. The minimum atomic E-state index is 0.314. The molecule has 0 aliphatic carbocycles. The van der Waals surface area contributed by atoms with Crippen molar-refractivity contribution in [3.8, 4) is 28.6 Å². The summed E-state index contributed by atoms with van der Waals surface area (Å²) in [6, 6.07) is 21.0. The number of para-hydroxylation sites is 2. The second kappa shape index (κ2) is 11.1. The highest BCUT2D eigenvalue weighted by Crippen LogP contribution is 2.33. The van der Waals surface area contributed by atoms with Gasteiger partial charge in [0.1, 0.15) is 12.4 Å². The molecule has 1 heterocycles. The zero-order chi connectivity index (χ0) is 23.9. The van der Waals surface area contributed by atoms with Crippen LogP contribution in [0.25, 0.3) is 11.4 Å². The molecule has 2 N–H and O–H groups in total. The van der Waals surface area contributed by atoms with E-state index in [4.69, 9.17) is 38.0 Å². The summed E-state index contributed by atoms with van der Waals surface area (Å²) in [5, 5.41) is 7.90. The van der Waals surface area contributed by atoms with E-state index in [1.165, 1.54) is 0 Å². The highest BCUT2D eigenvalue weighted by atomic mass is 35.5. The van der Waals surface area contributed by atoms with Crippen LogP contribution in [0.15, 0.2) is 66.7 Å². The van der Waals surface area contributed by atoms with Crippen molar-refractivity contribution in [2.24, 2.45) is 0 Å². The quantitative estimate of drug-likeness (QED) is 0.263. The normalized spacial score (nSPS) is 10.7. The molecule has 0 radical (unpaired) electrons. The van der Waals surface area contributed by atoms with Gasteiger partial charge in [-0.15, -0.1) is 0 Å². The number of nitrogens with zero attached hydrogens (tertiary/aromatic N) is 2. The van der Waals surface area contributed by atoms with Crippen molar-refractivity contribution >= 4 is 23.8 Å². The number of rotatable bonds is 10. The highest BCUT2D eigenvalue weighted by Gasteiger charge is 2.16. The fraction of sp³-hybridized carbons (Fsp3) is 0.200. The van der Waals surface area contributed by atoms with E-state index in [9.17, 15) is 0 Å². The second-order valence-electron chi connectivity index (χ2n) is 7.28. The van der Waals surface area contributed by atoms with Crippen molar-refractivity contribution in [3.63, 3.8) is 0 Å². The molecular formula is C25H25ClN4O3S. The van der Waals surface area contributed by atoms with Crippen LogP contribution in [0.2, 0.25) is 5.02 Å². The number of aromatic amines is 1.